The van der Waals surface area contributed by atoms with Gasteiger partial charge in [0.05, 0.1) is 0 Å². The third kappa shape index (κ3) is 2.75. The number of carbonyl (C=O) groups is 2. The Balaban J connectivity index is 0.00000112. The molecule has 3 heteroatoms. The van der Waals surface area contributed by atoms with Gasteiger partial charge in [-0.2, -0.15) is 0 Å². The Labute approximate surface area is 110 Å². The number of ketones is 2. The first-order valence-corrected chi connectivity index (χ1v) is 4.31. The van der Waals surface area contributed by atoms with Crippen LogP contribution >= 0.6 is 0 Å². The standard InChI is InChI=1S/C12H8O2.Na.H/c13-10-6-7-12(14)11(8-10)9-4-2-1-3-5-9;;/h1-8H;;. The van der Waals surface area contributed by atoms with E-state index in [1.54, 1.807) is 0 Å². The molecule has 0 aromatic heterocycles. The third-order valence-electron chi connectivity index (χ3n) is 2.04. The van der Waals surface area contributed by atoms with Crippen molar-refractivity contribution in [2.45, 2.75) is 0 Å². The van der Waals surface area contributed by atoms with E-state index in [2.05, 4.69) is 0 Å². The molecule has 0 unspecified atom stereocenters. The van der Waals surface area contributed by atoms with Gasteiger partial charge >= 0.3 is 29.6 Å². The Morgan fingerprint density at radius 2 is 1.53 bits per heavy atom. The molecule has 0 atom stereocenters. The molecular formula is C12H9NaO2. The van der Waals surface area contributed by atoms with Crippen LogP contribution in [-0.2, 0) is 9.59 Å². The number of hydrogen-bond acceptors (Lipinski definition) is 2. The molecule has 0 saturated carbocycles. The second-order valence-electron chi connectivity index (χ2n) is 3.02. The molecule has 0 aliphatic heterocycles. The van der Waals surface area contributed by atoms with Crippen LogP contribution in [0.4, 0.5) is 0 Å². The summed E-state index contributed by atoms with van der Waals surface area (Å²) in [5.74, 6) is -0.251. The van der Waals surface area contributed by atoms with E-state index in [0.29, 0.717) is 5.57 Å². The maximum absolute atomic E-state index is 11.4. The van der Waals surface area contributed by atoms with Gasteiger partial charge in [-0.1, -0.05) is 30.3 Å². The van der Waals surface area contributed by atoms with Crippen LogP contribution in [0.5, 0.6) is 0 Å². The summed E-state index contributed by atoms with van der Waals surface area (Å²) in [7, 11) is 0. The quantitative estimate of drug-likeness (QED) is 0.512. The monoisotopic (exact) mass is 208 g/mol. The van der Waals surface area contributed by atoms with Gasteiger partial charge in [0, 0.05) is 5.57 Å². The van der Waals surface area contributed by atoms with Gasteiger partial charge in [-0.15, -0.1) is 0 Å². The summed E-state index contributed by atoms with van der Waals surface area (Å²) in [6.07, 6.45) is 3.97. The van der Waals surface area contributed by atoms with Crippen LogP contribution in [0.2, 0.25) is 0 Å². The van der Waals surface area contributed by atoms with E-state index in [0.717, 1.165) is 5.56 Å². The minimum absolute atomic E-state index is 0. The van der Waals surface area contributed by atoms with Gasteiger partial charge < -0.3 is 0 Å². The van der Waals surface area contributed by atoms with Crippen molar-refractivity contribution in [1.29, 1.82) is 0 Å². The van der Waals surface area contributed by atoms with Gasteiger partial charge in [-0.3, -0.25) is 9.59 Å². The molecule has 1 aromatic carbocycles. The summed E-state index contributed by atoms with van der Waals surface area (Å²) >= 11 is 0. The minimum atomic E-state index is -0.136. The Kier molecular flexibility index (Phi) is 4.21. The fourth-order valence-corrected chi connectivity index (χ4v) is 1.35. The number of benzene rings is 1. The van der Waals surface area contributed by atoms with Gasteiger partial charge in [0.15, 0.2) is 11.6 Å². The maximum atomic E-state index is 11.4. The topological polar surface area (TPSA) is 34.1 Å². The Bertz CT molecular complexity index is 444. The van der Waals surface area contributed by atoms with Crippen molar-refractivity contribution in [3.8, 4) is 0 Å². The summed E-state index contributed by atoms with van der Waals surface area (Å²) in [6.45, 7) is 0. The van der Waals surface area contributed by atoms with E-state index in [-0.39, 0.29) is 41.1 Å². The predicted octanol–water partition coefficient (Wildman–Crippen LogP) is 1.13. The number of allylic oxidation sites excluding steroid dienone is 4. The molecule has 0 N–H and O–H groups in total. The Morgan fingerprint density at radius 3 is 2.20 bits per heavy atom. The molecule has 2 nitrogen and oxygen atoms in total. The molecule has 2 rings (SSSR count). The summed E-state index contributed by atoms with van der Waals surface area (Å²) in [6, 6.07) is 9.18. The van der Waals surface area contributed by atoms with Crippen molar-refractivity contribution >= 4 is 46.7 Å². The summed E-state index contributed by atoms with van der Waals surface area (Å²) < 4.78 is 0. The normalized spacial score (nSPS) is 14.5. The van der Waals surface area contributed by atoms with Crippen LogP contribution in [0, 0.1) is 0 Å². The zero-order valence-corrected chi connectivity index (χ0v) is 7.44. The number of carbonyl (C=O) groups excluding carboxylic acids is 2. The van der Waals surface area contributed by atoms with Crippen LogP contribution in [0.15, 0.2) is 48.6 Å². The van der Waals surface area contributed by atoms with E-state index >= 15 is 0 Å². The first-order valence-electron chi connectivity index (χ1n) is 4.31. The van der Waals surface area contributed by atoms with Gasteiger partial charge in [-0.25, -0.2) is 0 Å². The SMILES string of the molecule is O=C1C=CC(=O)C(c2ccccc2)=C1.[NaH]. The molecule has 0 fully saturated rings. The Morgan fingerprint density at radius 1 is 0.867 bits per heavy atom. The van der Waals surface area contributed by atoms with Crippen molar-refractivity contribution in [2.24, 2.45) is 0 Å². The molecule has 0 amide bonds. The molecular weight excluding hydrogens is 199 g/mol. The van der Waals surface area contributed by atoms with Crippen LogP contribution in [0.1, 0.15) is 5.56 Å². The van der Waals surface area contributed by atoms with Crippen LogP contribution in [0.25, 0.3) is 5.57 Å². The fraction of sp³-hybridized carbons (Fsp3) is 0. The molecule has 1 aliphatic rings. The number of hydrogen-bond donors (Lipinski definition) is 0. The van der Waals surface area contributed by atoms with Crippen LogP contribution < -0.4 is 0 Å². The molecule has 0 heterocycles. The van der Waals surface area contributed by atoms with Crippen LogP contribution in [-0.4, -0.2) is 41.1 Å². The second kappa shape index (κ2) is 5.21. The molecule has 15 heavy (non-hydrogen) atoms. The zero-order chi connectivity index (χ0) is 9.97. The molecule has 0 spiro atoms. The van der Waals surface area contributed by atoms with E-state index in [9.17, 15) is 9.59 Å². The van der Waals surface area contributed by atoms with Gasteiger partial charge in [0.25, 0.3) is 0 Å². The van der Waals surface area contributed by atoms with Crippen molar-refractivity contribution in [2.75, 3.05) is 0 Å². The van der Waals surface area contributed by atoms with Crippen molar-refractivity contribution in [3.05, 3.63) is 54.1 Å². The summed E-state index contributed by atoms with van der Waals surface area (Å²) in [5.41, 5.74) is 1.26. The Hall–Kier alpha value is -0.960. The van der Waals surface area contributed by atoms with Crippen molar-refractivity contribution < 1.29 is 9.59 Å². The van der Waals surface area contributed by atoms with Gasteiger partial charge in [0.1, 0.15) is 0 Å². The first-order chi connectivity index (χ1) is 6.77. The fourth-order valence-electron chi connectivity index (χ4n) is 1.35. The average Bonchev–Trinajstić information content (AvgIpc) is 2.23. The molecule has 0 bridgehead atoms. The van der Waals surface area contributed by atoms with E-state index < -0.39 is 0 Å². The first kappa shape index (κ1) is 12.1. The molecule has 0 radical (unpaired) electrons. The summed E-state index contributed by atoms with van der Waals surface area (Å²) in [4.78, 5) is 22.5. The number of rotatable bonds is 1. The van der Waals surface area contributed by atoms with Gasteiger partial charge in [-0.05, 0) is 23.8 Å². The van der Waals surface area contributed by atoms with E-state index in [4.69, 9.17) is 0 Å². The zero-order valence-electron chi connectivity index (χ0n) is 7.44. The molecule has 70 valence electrons. The second-order valence-corrected chi connectivity index (χ2v) is 3.02. The summed E-state index contributed by atoms with van der Waals surface area (Å²) in [5, 5.41) is 0. The predicted molar refractivity (Wildman–Crippen MR) is 60.7 cm³/mol. The molecule has 0 saturated heterocycles. The van der Waals surface area contributed by atoms with Crippen LogP contribution in [0.3, 0.4) is 0 Å². The van der Waals surface area contributed by atoms with Crippen molar-refractivity contribution in [1.82, 2.24) is 0 Å². The molecule has 1 aliphatic carbocycles. The third-order valence-corrected chi connectivity index (χ3v) is 2.04. The van der Waals surface area contributed by atoms with E-state index in [1.165, 1.54) is 18.2 Å². The average molecular weight is 208 g/mol. The van der Waals surface area contributed by atoms with Crippen molar-refractivity contribution in [3.63, 3.8) is 0 Å². The molecule has 1 aromatic rings. The van der Waals surface area contributed by atoms with Gasteiger partial charge in [0.2, 0.25) is 0 Å². The van der Waals surface area contributed by atoms with E-state index in [1.807, 2.05) is 30.3 Å².